The SMILES string of the molecule is C[C@@]12C3CC[C@]1(O)C1COC4C(OC(=O)[C@]4(C)O)C1O[C@]2(O)CC1C3C[C@@H]2O[C@@]23CC=CC(=O)[C@@]13C. The second-order valence-corrected chi connectivity index (χ2v) is 13.4. The van der Waals surface area contributed by atoms with Crippen LogP contribution in [0.4, 0.5) is 0 Å². The van der Waals surface area contributed by atoms with E-state index in [4.69, 9.17) is 18.9 Å². The summed E-state index contributed by atoms with van der Waals surface area (Å²) in [6, 6.07) is 0. The first kappa shape index (κ1) is 22.6. The molecule has 9 nitrogen and oxygen atoms in total. The molecule has 14 atom stereocenters. The Morgan fingerprint density at radius 3 is 2.56 bits per heavy atom. The van der Waals surface area contributed by atoms with Crippen LogP contribution in [0.2, 0.25) is 0 Å². The van der Waals surface area contributed by atoms with Crippen molar-refractivity contribution in [3.63, 3.8) is 0 Å². The van der Waals surface area contributed by atoms with Gasteiger partial charge in [0.1, 0.15) is 17.8 Å². The molecule has 0 amide bonds. The molecular formula is C27H34O9. The lowest BCUT2D eigenvalue weighted by molar-refractivity contribution is -0.429. The molecule has 8 rings (SSSR count). The minimum atomic E-state index is -1.83. The fourth-order valence-corrected chi connectivity index (χ4v) is 10.5. The van der Waals surface area contributed by atoms with Gasteiger partial charge in [0, 0.05) is 12.3 Å². The first-order valence-corrected chi connectivity index (χ1v) is 13.4. The Morgan fingerprint density at radius 2 is 1.78 bits per heavy atom. The number of ether oxygens (including phenoxy) is 4. The Balaban J connectivity index is 1.25. The van der Waals surface area contributed by atoms with Crippen LogP contribution < -0.4 is 0 Å². The minimum Gasteiger partial charge on any atom is -0.454 e. The molecule has 4 saturated heterocycles. The van der Waals surface area contributed by atoms with Crippen molar-refractivity contribution < 1.29 is 43.9 Å². The average Bonchev–Trinajstić information content (AvgIpc) is 3.37. The minimum absolute atomic E-state index is 0.0114. The summed E-state index contributed by atoms with van der Waals surface area (Å²) in [5.41, 5.74) is -5.46. The molecule has 1 spiro atoms. The number of epoxide rings is 1. The van der Waals surface area contributed by atoms with E-state index in [2.05, 4.69) is 0 Å². The molecular weight excluding hydrogens is 468 g/mol. The third-order valence-corrected chi connectivity index (χ3v) is 12.6. The van der Waals surface area contributed by atoms with Gasteiger partial charge in [0.05, 0.1) is 29.1 Å². The van der Waals surface area contributed by atoms with E-state index in [-0.39, 0.29) is 42.7 Å². The van der Waals surface area contributed by atoms with Crippen molar-refractivity contribution in [1.82, 2.24) is 0 Å². The van der Waals surface area contributed by atoms with Gasteiger partial charge >= 0.3 is 5.97 Å². The number of hydrogen-bond acceptors (Lipinski definition) is 9. The van der Waals surface area contributed by atoms with E-state index in [0.717, 1.165) is 6.42 Å². The predicted molar refractivity (Wildman–Crippen MR) is 120 cm³/mol. The maximum Gasteiger partial charge on any atom is 0.341 e. The number of rotatable bonds is 0. The van der Waals surface area contributed by atoms with Crippen LogP contribution in [0.15, 0.2) is 12.2 Å². The molecule has 0 bridgehead atoms. The van der Waals surface area contributed by atoms with Crippen LogP contribution in [0.5, 0.6) is 0 Å². The summed E-state index contributed by atoms with van der Waals surface area (Å²) >= 11 is 0. The summed E-state index contributed by atoms with van der Waals surface area (Å²) in [7, 11) is 0. The monoisotopic (exact) mass is 502 g/mol. The second kappa shape index (κ2) is 6.10. The zero-order chi connectivity index (χ0) is 25.3. The number of hydrogen-bond donors (Lipinski definition) is 3. The van der Waals surface area contributed by atoms with Crippen molar-refractivity contribution >= 4 is 11.8 Å². The molecule has 0 aromatic carbocycles. The lowest BCUT2D eigenvalue weighted by Crippen LogP contribution is -2.78. The van der Waals surface area contributed by atoms with Crippen LogP contribution in [0.1, 0.15) is 52.9 Å². The fourth-order valence-electron chi connectivity index (χ4n) is 10.5. The summed E-state index contributed by atoms with van der Waals surface area (Å²) in [5, 5.41) is 35.6. The van der Waals surface area contributed by atoms with E-state index in [1.165, 1.54) is 6.92 Å². The van der Waals surface area contributed by atoms with Crippen molar-refractivity contribution in [3.8, 4) is 0 Å². The van der Waals surface area contributed by atoms with E-state index in [0.29, 0.717) is 19.3 Å². The number of ketones is 1. The standard InChI is InChI=1S/C27H34O9/c1-22-14-10-27(32)24(3)13(12(14)9-17-26(22,35-17)7-4-5-16(22)28)6-8-25(24,31)15-11-33-20-19(18(15)36-27)34-21(29)23(20,2)30/h4-5,12-15,17-20,30-32H,6-11H2,1-3H3/t12?,13?,14?,15?,17-,18?,19?,20?,22+,23+,24+,25-,26-,27+/m0/s1. The molecule has 36 heavy (non-hydrogen) atoms. The Kier molecular flexibility index (Phi) is 3.83. The quantitative estimate of drug-likeness (QED) is 0.322. The maximum absolute atomic E-state index is 13.5. The average molecular weight is 503 g/mol. The van der Waals surface area contributed by atoms with Crippen LogP contribution in [-0.2, 0) is 28.5 Å². The largest absolute Gasteiger partial charge is 0.454 e. The molecule has 0 aromatic rings. The van der Waals surface area contributed by atoms with Crippen molar-refractivity contribution in [2.45, 2.75) is 99.9 Å². The molecule has 4 aliphatic carbocycles. The lowest BCUT2D eigenvalue weighted by atomic mass is 9.42. The van der Waals surface area contributed by atoms with Crippen LogP contribution in [0.3, 0.4) is 0 Å². The first-order chi connectivity index (χ1) is 16.9. The summed E-state index contributed by atoms with van der Waals surface area (Å²) < 4.78 is 24.4. The third kappa shape index (κ3) is 2.04. The predicted octanol–water partition coefficient (Wildman–Crippen LogP) is 0.625. The van der Waals surface area contributed by atoms with Gasteiger partial charge in [-0.05, 0) is 63.4 Å². The Morgan fingerprint density at radius 1 is 1.00 bits per heavy atom. The highest BCUT2D eigenvalue weighted by Gasteiger charge is 2.84. The van der Waals surface area contributed by atoms with E-state index >= 15 is 0 Å². The van der Waals surface area contributed by atoms with E-state index in [1.807, 2.05) is 19.9 Å². The zero-order valence-corrected chi connectivity index (χ0v) is 20.8. The van der Waals surface area contributed by atoms with Gasteiger partial charge in [0.15, 0.2) is 23.3 Å². The molecule has 8 aliphatic rings. The lowest BCUT2D eigenvalue weighted by Gasteiger charge is -2.68. The number of esters is 1. The van der Waals surface area contributed by atoms with Gasteiger partial charge in [-0.1, -0.05) is 13.0 Å². The molecule has 0 radical (unpaired) electrons. The van der Waals surface area contributed by atoms with Gasteiger partial charge in [-0.15, -0.1) is 0 Å². The molecule has 4 heterocycles. The van der Waals surface area contributed by atoms with E-state index < -0.39 is 63.6 Å². The van der Waals surface area contributed by atoms with E-state index in [9.17, 15) is 24.9 Å². The molecule has 7 fully saturated rings. The summed E-state index contributed by atoms with van der Waals surface area (Å²) in [6.07, 6.45) is 3.68. The molecule has 7 unspecified atom stereocenters. The summed E-state index contributed by atoms with van der Waals surface area (Å²) in [5.74, 6) is -3.18. The van der Waals surface area contributed by atoms with Crippen LogP contribution in [0, 0.1) is 34.5 Å². The molecule has 196 valence electrons. The van der Waals surface area contributed by atoms with Gasteiger partial charge in [-0.2, -0.15) is 0 Å². The topological polar surface area (TPSA) is 135 Å². The van der Waals surface area contributed by atoms with Crippen molar-refractivity contribution in [3.05, 3.63) is 12.2 Å². The van der Waals surface area contributed by atoms with Crippen molar-refractivity contribution in [2.24, 2.45) is 34.5 Å². The smallest absolute Gasteiger partial charge is 0.341 e. The molecule has 3 saturated carbocycles. The van der Waals surface area contributed by atoms with Crippen molar-refractivity contribution in [2.75, 3.05) is 6.61 Å². The molecule has 0 aromatic heterocycles. The van der Waals surface area contributed by atoms with Gasteiger partial charge < -0.3 is 34.3 Å². The highest BCUT2D eigenvalue weighted by Crippen LogP contribution is 2.77. The van der Waals surface area contributed by atoms with Gasteiger partial charge in [-0.25, -0.2) is 4.79 Å². The van der Waals surface area contributed by atoms with Gasteiger partial charge in [0.25, 0.3) is 0 Å². The summed E-state index contributed by atoms with van der Waals surface area (Å²) in [6.45, 7) is 5.39. The van der Waals surface area contributed by atoms with Crippen LogP contribution in [-0.4, -0.2) is 80.7 Å². The summed E-state index contributed by atoms with van der Waals surface area (Å²) in [4.78, 5) is 26.0. The number of carbonyl (C=O) groups is 2. The maximum atomic E-state index is 13.5. The highest BCUT2D eigenvalue weighted by molar-refractivity contribution is 5.97. The number of carbonyl (C=O) groups excluding carboxylic acids is 2. The van der Waals surface area contributed by atoms with E-state index in [1.54, 1.807) is 6.08 Å². The van der Waals surface area contributed by atoms with Crippen LogP contribution in [0.25, 0.3) is 0 Å². The Labute approximate surface area is 209 Å². The zero-order valence-electron chi connectivity index (χ0n) is 20.8. The van der Waals surface area contributed by atoms with Crippen molar-refractivity contribution in [1.29, 1.82) is 0 Å². The van der Waals surface area contributed by atoms with Gasteiger partial charge in [-0.3, -0.25) is 4.79 Å². The molecule has 3 N–H and O–H groups in total. The third-order valence-electron chi connectivity index (χ3n) is 12.6. The normalized spacial score (nSPS) is 65.9. The second-order valence-electron chi connectivity index (χ2n) is 13.4. The van der Waals surface area contributed by atoms with Gasteiger partial charge in [0.2, 0.25) is 0 Å². The number of aliphatic hydroxyl groups is 3. The highest BCUT2D eigenvalue weighted by atomic mass is 16.7. The van der Waals surface area contributed by atoms with Crippen LogP contribution >= 0.6 is 0 Å². The molecule has 4 aliphatic heterocycles. The fraction of sp³-hybridized carbons (Fsp3) is 0.852. The first-order valence-electron chi connectivity index (χ1n) is 13.4. The number of allylic oxidation sites excluding steroid dienone is 1. The Hall–Kier alpha value is -1.36. The molecule has 9 heteroatoms. The number of fused-ring (bicyclic) bond motifs is 7. The Bertz CT molecular complexity index is 1130.